The molecule has 6 heteroatoms. The minimum Gasteiger partial charge on any atom is -0.462 e. The molecule has 0 atom stereocenters. The molecule has 3 aromatic rings. The van der Waals surface area contributed by atoms with Crippen LogP contribution in [0.3, 0.4) is 0 Å². The Bertz CT molecular complexity index is 838. The molecule has 2 aromatic carbocycles. The van der Waals surface area contributed by atoms with E-state index in [1.54, 1.807) is 43.3 Å². The summed E-state index contributed by atoms with van der Waals surface area (Å²) in [5.74, 6) is -0.00596. The molecular weight excluding hydrogens is 349 g/mol. The van der Waals surface area contributed by atoms with Crippen molar-refractivity contribution < 1.29 is 13.9 Å². The molecule has 1 aromatic heterocycles. The summed E-state index contributed by atoms with van der Waals surface area (Å²) in [6.07, 6.45) is 0. The summed E-state index contributed by atoms with van der Waals surface area (Å²) >= 11 is 12.0. The maximum atomic E-state index is 11.7. The van der Waals surface area contributed by atoms with Crippen molar-refractivity contribution in [3.05, 3.63) is 52.0 Å². The monoisotopic (exact) mass is 365 g/mol. The highest BCUT2D eigenvalue weighted by molar-refractivity contribution is 6.35. The zero-order valence-corrected chi connectivity index (χ0v) is 15.1. The van der Waals surface area contributed by atoms with Crippen molar-refractivity contribution in [2.75, 3.05) is 6.61 Å². The lowest BCUT2D eigenvalue weighted by molar-refractivity contribution is 0.0526. The van der Waals surface area contributed by atoms with E-state index in [4.69, 9.17) is 32.4 Å². The number of carbonyl (C=O) groups excluding carboxylic acids is 1. The van der Waals surface area contributed by atoms with Gasteiger partial charge in [0, 0.05) is 15.6 Å². The van der Waals surface area contributed by atoms with Crippen molar-refractivity contribution in [3.8, 4) is 11.5 Å². The average molecular weight is 366 g/mol. The van der Waals surface area contributed by atoms with Gasteiger partial charge in [-0.3, -0.25) is 0 Å². The number of aromatic nitrogens is 1. The van der Waals surface area contributed by atoms with Crippen molar-refractivity contribution in [2.45, 2.75) is 20.8 Å². The van der Waals surface area contributed by atoms with Gasteiger partial charge in [-0.05, 0) is 43.3 Å². The van der Waals surface area contributed by atoms with Crippen LogP contribution in [0, 0.1) is 0 Å². The third kappa shape index (κ3) is 4.08. The first-order valence-corrected chi connectivity index (χ1v) is 8.36. The van der Waals surface area contributed by atoms with E-state index >= 15 is 0 Å². The SMILES string of the molecule is CC.CCOC(=O)c1ccc2nc(-c3cc(Cl)cc(Cl)c3)oc2c1. The van der Waals surface area contributed by atoms with Crippen LogP contribution >= 0.6 is 23.2 Å². The van der Waals surface area contributed by atoms with E-state index in [0.29, 0.717) is 44.8 Å². The first kappa shape index (κ1) is 18.3. The highest BCUT2D eigenvalue weighted by Gasteiger charge is 2.13. The lowest BCUT2D eigenvalue weighted by Crippen LogP contribution is -2.03. The molecule has 0 aliphatic carbocycles. The molecule has 0 fully saturated rings. The van der Waals surface area contributed by atoms with Gasteiger partial charge in [-0.1, -0.05) is 37.0 Å². The van der Waals surface area contributed by atoms with Crippen LogP contribution in [-0.4, -0.2) is 17.6 Å². The molecule has 126 valence electrons. The van der Waals surface area contributed by atoms with Crippen molar-refractivity contribution in [1.29, 1.82) is 0 Å². The number of oxazole rings is 1. The van der Waals surface area contributed by atoms with E-state index in [1.807, 2.05) is 13.8 Å². The highest BCUT2D eigenvalue weighted by Crippen LogP contribution is 2.29. The summed E-state index contributed by atoms with van der Waals surface area (Å²) in [5.41, 5.74) is 2.23. The molecular formula is C18H17Cl2NO3. The Hall–Kier alpha value is -2.04. The van der Waals surface area contributed by atoms with Gasteiger partial charge in [-0.25, -0.2) is 9.78 Å². The third-order valence-corrected chi connectivity index (χ3v) is 3.45. The highest BCUT2D eigenvalue weighted by atomic mass is 35.5. The molecule has 0 saturated heterocycles. The molecule has 0 radical (unpaired) electrons. The van der Waals surface area contributed by atoms with Gasteiger partial charge in [0.05, 0.1) is 12.2 Å². The summed E-state index contributed by atoms with van der Waals surface area (Å²) < 4.78 is 10.7. The van der Waals surface area contributed by atoms with Gasteiger partial charge in [-0.2, -0.15) is 0 Å². The van der Waals surface area contributed by atoms with E-state index in [0.717, 1.165) is 0 Å². The number of nitrogens with zero attached hydrogens (tertiary/aromatic N) is 1. The Morgan fingerprint density at radius 3 is 2.42 bits per heavy atom. The summed E-state index contributed by atoms with van der Waals surface area (Å²) in [6, 6.07) is 10.0. The zero-order valence-electron chi connectivity index (χ0n) is 13.6. The van der Waals surface area contributed by atoms with Gasteiger partial charge in [0.1, 0.15) is 5.52 Å². The number of benzene rings is 2. The first-order valence-electron chi connectivity index (χ1n) is 7.61. The van der Waals surface area contributed by atoms with Gasteiger partial charge in [-0.15, -0.1) is 0 Å². The van der Waals surface area contributed by atoms with Crippen LogP contribution in [0.2, 0.25) is 10.0 Å². The Morgan fingerprint density at radius 2 is 1.79 bits per heavy atom. The van der Waals surface area contributed by atoms with Crippen LogP contribution in [-0.2, 0) is 4.74 Å². The Morgan fingerprint density at radius 1 is 1.12 bits per heavy atom. The minimum absolute atomic E-state index is 0.319. The van der Waals surface area contributed by atoms with E-state index in [2.05, 4.69) is 4.98 Å². The lowest BCUT2D eigenvalue weighted by Gasteiger charge is -2.00. The predicted molar refractivity (Wildman–Crippen MR) is 96.8 cm³/mol. The zero-order chi connectivity index (χ0) is 17.7. The number of ether oxygens (including phenoxy) is 1. The third-order valence-electron chi connectivity index (χ3n) is 3.01. The van der Waals surface area contributed by atoms with Crippen LogP contribution in [0.15, 0.2) is 40.8 Å². The Labute approximate surface area is 150 Å². The molecule has 0 unspecified atom stereocenters. The fraction of sp³-hybridized carbons (Fsp3) is 0.222. The number of hydrogen-bond acceptors (Lipinski definition) is 4. The maximum Gasteiger partial charge on any atom is 0.338 e. The smallest absolute Gasteiger partial charge is 0.338 e. The maximum absolute atomic E-state index is 11.7. The normalized spacial score (nSPS) is 10.2. The second kappa shape index (κ2) is 8.18. The molecule has 0 aliphatic heterocycles. The number of rotatable bonds is 3. The fourth-order valence-corrected chi connectivity index (χ4v) is 2.59. The van der Waals surface area contributed by atoms with Gasteiger partial charge in [0.15, 0.2) is 5.58 Å². The van der Waals surface area contributed by atoms with E-state index in [9.17, 15) is 4.79 Å². The quantitative estimate of drug-likeness (QED) is 0.533. The molecule has 0 N–H and O–H groups in total. The minimum atomic E-state index is -0.395. The molecule has 3 rings (SSSR count). The van der Waals surface area contributed by atoms with Crippen LogP contribution in [0.1, 0.15) is 31.1 Å². The van der Waals surface area contributed by atoms with Gasteiger partial charge in [0.25, 0.3) is 0 Å². The Balaban J connectivity index is 0.00000100. The largest absolute Gasteiger partial charge is 0.462 e. The molecule has 0 saturated carbocycles. The van der Waals surface area contributed by atoms with Crippen molar-refractivity contribution >= 4 is 40.3 Å². The Kier molecular flexibility index (Phi) is 6.23. The van der Waals surface area contributed by atoms with E-state index < -0.39 is 5.97 Å². The van der Waals surface area contributed by atoms with E-state index in [-0.39, 0.29) is 0 Å². The van der Waals surface area contributed by atoms with Gasteiger partial charge < -0.3 is 9.15 Å². The molecule has 1 heterocycles. The summed E-state index contributed by atoms with van der Waals surface area (Å²) in [4.78, 5) is 16.1. The number of halogens is 2. The molecule has 0 aliphatic rings. The second-order valence-electron chi connectivity index (χ2n) is 4.58. The molecule has 0 spiro atoms. The van der Waals surface area contributed by atoms with Crippen molar-refractivity contribution in [3.63, 3.8) is 0 Å². The average Bonchev–Trinajstić information content (AvgIpc) is 2.99. The molecule has 0 bridgehead atoms. The summed E-state index contributed by atoms with van der Waals surface area (Å²) in [7, 11) is 0. The van der Waals surface area contributed by atoms with Crippen LogP contribution in [0.25, 0.3) is 22.6 Å². The number of hydrogen-bond donors (Lipinski definition) is 0. The number of fused-ring (bicyclic) bond motifs is 1. The summed E-state index contributed by atoms with van der Waals surface area (Å²) in [6.45, 7) is 6.07. The second-order valence-corrected chi connectivity index (χ2v) is 5.45. The van der Waals surface area contributed by atoms with Crippen LogP contribution < -0.4 is 0 Å². The molecule has 24 heavy (non-hydrogen) atoms. The fourth-order valence-electron chi connectivity index (χ4n) is 2.07. The lowest BCUT2D eigenvalue weighted by atomic mass is 10.2. The van der Waals surface area contributed by atoms with E-state index in [1.165, 1.54) is 0 Å². The van der Waals surface area contributed by atoms with Gasteiger partial charge >= 0.3 is 5.97 Å². The standard InChI is InChI=1S/C16H11Cl2NO3.C2H6/c1-2-21-16(20)9-3-4-13-14(7-9)22-15(19-13)10-5-11(17)8-12(18)6-10;1-2/h3-8H,2H2,1H3;1-2H3. The first-order chi connectivity index (χ1) is 11.6. The summed E-state index contributed by atoms with van der Waals surface area (Å²) in [5, 5.41) is 0.994. The predicted octanol–water partition coefficient (Wildman–Crippen LogP) is 6.00. The number of esters is 1. The van der Waals surface area contributed by atoms with Gasteiger partial charge in [0.2, 0.25) is 5.89 Å². The van der Waals surface area contributed by atoms with Crippen molar-refractivity contribution in [1.82, 2.24) is 4.98 Å². The van der Waals surface area contributed by atoms with Crippen LogP contribution in [0.4, 0.5) is 0 Å². The molecule has 0 amide bonds. The van der Waals surface area contributed by atoms with Crippen molar-refractivity contribution in [2.24, 2.45) is 0 Å². The number of carbonyl (C=O) groups is 1. The molecule has 4 nitrogen and oxygen atoms in total. The van der Waals surface area contributed by atoms with Crippen LogP contribution in [0.5, 0.6) is 0 Å². The topological polar surface area (TPSA) is 52.3 Å².